The summed E-state index contributed by atoms with van der Waals surface area (Å²) in [6.07, 6.45) is 0. The van der Waals surface area contributed by atoms with Crippen molar-refractivity contribution < 1.29 is 9.90 Å². The number of nitrogens with one attached hydrogen (secondary N) is 1. The maximum absolute atomic E-state index is 10.8. The molecule has 2 N–H and O–H groups in total. The molecule has 0 saturated heterocycles. The molecule has 15 heavy (non-hydrogen) atoms. The van der Waals surface area contributed by atoms with Crippen LogP contribution in [0.1, 0.15) is 17.3 Å². The van der Waals surface area contributed by atoms with Gasteiger partial charge in [0, 0.05) is 19.6 Å². The number of fused-ring (bicyclic) bond motifs is 1. The van der Waals surface area contributed by atoms with Gasteiger partial charge in [-0.3, -0.25) is 0 Å². The minimum Gasteiger partial charge on any atom is -0.478 e. The van der Waals surface area contributed by atoms with E-state index < -0.39 is 5.97 Å². The van der Waals surface area contributed by atoms with Crippen LogP contribution in [0.15, 0.2) is 18.2 Å². The number of aromatic carboxylic acids is 1. The van der Waals surface area contributed by atoms with E-state index >= 15 is 0 Å². The minimum atomic E-state index is -0.884. The van der Waals surface area contributed by atoms with Crippen molar-refractivity contribution in [3.8, 4) is 0 Å². The van der Waals surface area contributed by atoms with Gasteiger partial charge >= 0.3 is 5.97 Å². The zero-order valence-electron chi connectivity index (χ0n) is 8.82. The van der Waals surface area contributed by atoms with Crippen molar-refractivity contribution in [3.05, 3.63) is 23.8 Å². The summed E-state index contributed by atoms with van der Waals surface area (Å²) in [5.41, 5.74) is 2.28. The van der Waals surface area contributed by atoms with Crippen LogP contribution in [0.4, 0.5) is 11.4 Å². The first kappa shape index (κ1) is 9.83. The van der Waals surface area contributed by atoms with Crippen LogP contribution in [0.2, 0.25) is 0 Å². The highest BCUT2D eigenvalue weighted by atomic mass is 16.4. The molecule has 0 fully saturated rings. The summed E-state index contributed by atoms with van der Waals surface area (Å²) in [5.74, 6) is -0.884. The molecule has 1 atom stereocenters. The monoisotopic (exact) mass is 206 g/mol. The number of carboxylic acid groups (broad SMARTS) is 1. The largest absolute Gasteiger partial charge is 0.478 e. The number of rotatable bonds is 1. The highest BCUT2D eigenvalue weighted by molar-refractivity contribution is 5.91. The van der Waals surface area contributed by atoms with Gasteiger partial charge in [0.25, 0.3) is 0 Å². The van der Waals surface area contributed by atoms with Gasteiger partial charge < -0.3 is 15.3 Å². The Morgan fingerprint density at radius 2 is 2.33 bits per heavy atom. The van der Waals surface area contributed by atoms with Gasteiger partial charge in [0.05, 0.1) is 16.9 Å². The Labute approximate surface area is 88.5 Å². The first-order valence-corrected chi connectivity index (χ1v) is 4.93. The number of likely N-dealkylation sites (N-methyl/N-ethyl adjacent to an activating group) is 1. The molecule has 0 aliphatic carbocycles. The lowest BCUT2D eigenvalue weighted by Gasteiger charge is -2.33. The third-order valence-corrected chi connectivity index (χ3v) is 2.61. The second-order valence-electron chi connectivity index (χ2n) is 3.96. The Balaban J connectivity index is 2.43. The molecule has 2 rings (SSSR count). The maximum Gasteiger partial charge on any atom is 0.335 e. The molecule has 0 aromatic heterocycles. The highest BCUT2D eigenvalue weighted by Gasteiger charge is 2.19. The van der Waals surface area contributed by atoms with E-state index in [1.807, 2.05) is 13.1 Å². The Morgan fingerprint density at radius 3 is 3.00 bits per heavy atom. The number of anilines is 2. The number of benzene rings is 1. The molecule has 1 unspecified atom stereocenters. The van der Waals surface area contributed by atoms with Crippen LogP contribution in [0.25, 0.3) is 0 Å². The molecule has 4 nitrogen and oxygen atoms in total. The molecular formula is C11H14N2O2. The van der Waals surface area contributed by atoms with E-state index in [0.29, 0.717) is 11.6 Å². The number of carbonyl (C=O) groups is 1. The van der Waals surface area contributed by atoms with Crippen molar-refractivity contribution in [2.45, 2.75) is 13.0 Å². The van der Waals surface area contributed by atoms with Crippen LogP contribution in [0.3, 0.4) is 0 Å². The van der Waals surface area contributed by atoms with E-state index in [1.165, 1.54) is 0 Å². The molecule has 0 spiro atoms. The fourth-order valence-electron chi connectivity index (χ4n) is 1.92. The third kappa shape index (κ3) is 1.75. The summed E-state index contributed by atoms with van der Waals surface area (Å²) in [7, 11) is 1.97. The average Bonchev–Trinajstić information content (AvgIpc) is 2.16. The average molecular weight is 206 g/mol. The van der Waals surface area contributed by atoms with Crippen molar-refractivity contribution in [1.82, 2.24) is 0 Å². The molecule has 0 radical (unpaired) electrons. The molecule has 1 aliphatic rings. The fourth-order valence-corrected chi connectivity index (χ4v) is 1.92. The summed E-state index contributed by atoms with van der Waals surface area (Å²) in [6, 6.07) is 5.54. The Morgan fingerprint density at radius 1 is 1.60 bits per heavy atom. The smallest absolute Gasteiger partial charge is 0.335 e. The Kier molecular flexibility index (Phi) is 2.26. The number of hydrogen-bond donors (Lipinski definition) is 2. The SMILES string of the molecule is CC1CN(C)c2cc(C(=O)O)ccc2N1. The van der Waals surface area contributed by atoms with Crippen LogP contribution < -0.4 is 10.2 Å². The molecule has 0 saturated carbocycles. The van der Waals surface area contributed by atoms with Crippen molar-refractivity contribution in [2.24, 2.45) is 0 Å². The van der Waals surface area contributed by atoms with Crippen molar-refractivity contribution in [3.63, 3.8) is 0 Å². The van der Waals surface area contributed by atoms with Gasteiger partial charge in [-0.2, -0.15) is 0 Å². The van der Waals surface area contributed by atoms with Crippen molar-refractivity contribution in [1.29, 1.82) is 0 Å². The highest BCUT2D eigenvalue weighted by Crippen LogP contribution is 2.30. The standard InChI is InChI=1S/C11H14N2O2/c1-7-6-13(2)10-5-8(11(14)15)3-4-9(10)12-7/h3-5,7,12H,6H2,1-2H3,(H,14,15). The lowest BCUT2D eigenvalue weighted by atomic mass is 10.1. The van der Waals surface area contributed by atoms with Gasteiger partial charge in [-0.1, -0.05) is 0 Å². The lowest BCUT2D eigenvalue weighted by molar-refractivity contribution is 0.0697. The quantitative estimate of drug-likeness (QED) is 0.733. The third-order valence-electron chi connectivity index (χ3n) is 2.61. The van der Waals surface area contributed by atoms with E-state index in [1.54, 1.807) is 12.1 Å². The van der Waals surface area contributed by atoms with Gasteiger partial charge in [0.1, 0.15) is 0 Å². The summed E-state index contributed by atoms with van der Waals surface area (Å²) >= 11 is 0. The van der Waals surface area contributed by atoms with Crippen molar-refractivity contribution >= 4 is 17.3 Å². The summed E-state index contributed by atoms with van der Waals surface area (Å²) in [6.45, 7) is 2.99. The fraction of sp³-hybridized carbons (Fsp3) is 0.364. The maximum atomic E-state index is 10.8. The Hall–Kier alpha value is -1.71. The molecule has 1 aromatic carbocycles. The Bertz CT molecular complexity index is 404. The zero-order valence-corrected chi connectivity index (χ0v) is 8.82. The molecule has 1 aliphatic heterocycles. The van der Waals surface area contributed by atoms with Crippen LogP contribution in [-0.2, 0) is 0 Å². The van der Waals surface area contributed by atoms with Crippen LogP contribution in [-0.4, -0.2) is 30.7 Å². The molecule has 1 aromatic rings. The second kappa shape index (κ2) is 3.46. The van der Waals surface area contributed by atoms with E-state index in [-0.39, 0.29) is 0 Å². The lowest BCUT2D eigenvalue weighted by Crippen LogP contribution is -2.37. The van der Waals surface area contributed by atoms with Crippen LogP contribution in [0, 0.1) is 0 Å². The summed E-state index contributed by atoms with van der Waals surface area (Å²) < 4.78 is 0. The van der Waals surface area contributed by atoms with E-state index in [9.17, 15) is 4.79 Å². The minimum absolute atomic E-state index is 0.331. The normalized spacial score (nSPS) is 19.3. The second-order valence-corrected chi connectivity index (χ2v) is 3.96. The molecule has 1 heterocycles. The molecule has 4 heteroatoms. The van der Waals surface area contributed by atoms with Gasteiger partial charge in [0.15, 0.2) is 0 Å². The van der Waals surface area contributed by atoms with Gasteiger partial charge in [-0.25, -0.2) is 4.79 Å². The predicted octanol–water partition coefficient (Wildman–Crippen LogP) is 1.64. The topological polar surface area (TPSA) is 52.6 Å². The first-order valence-electron chi connectivity index (χ1n) is 4.93. The van der Waals surface area contributed by atoms with Gasteiger partial charge in [-0.15, -0.1) is 0 Å². The van der Waals surface area contributed by atoms with E-state index in [2.05, 4.69) is 17.1 Å². The van der Waals surface area contributed by atoms with Gasteiger partial charge in [-0.05, 0) is 25.1 Å². The van der Waals surface area contributed by atoms with E-state index in [4.69, 9.17) is 5.11 Å². The number of hydrogen-bond acceptors (Lipinski definition) is 3. The molecular weight excluding hydrogens is 192 g/mol. The van der Waals surface area contributed by atoms with Crippen molar-refractivity contribution in [2.75, 3.05) is 23.8 Å². The molecule has 0 bridgehead atoms. The van der Waals surface area contributed by atoms with Gasteiger partial charge in [0.2, 0.25) is 0 Å². The molecule has 80 valence electrons. The predicted molar refractivity (Wildman–Crippen MR) is 59.8 cm³/mol. The molecule has 0 amide bonds. The number of carboxylic acids is 1. The number of nitrogens with zero attached hydrogens (tertiary/aromatic N) is 1. The van der Waals surface area contributed by atoms with Crippen LogP contribution >= 0.6 is 0 Å². The summed E-state index contributed by atoms with van der Waals surface area (Å²) in [5, 5.41) is 12.2. The first-order chi connectivity index (χ1) is 7.08. The van der Waals surface area contributed by atoms with Crippen LogP contribution in [0.5, 0.6) is 0 Å². The summed E-state index contributed by atoms with van der Waals surface area (Å²) in [4.78, 5) is 12.9. The van der Waals surface area contributed by atoms with E-state index in [0.717, 1.165) is 17.9 Å². The zero-order chi connectivity index (χ0) is 11.0.